The number of rotatable bonds is 2. The van der Waals surface area contributed by atoms with E-state index in [1.54, 1.807) is 20.8 Å². The second-order valence-corrected chi connectivity index (χ2v) is 4.68. The van der Waals surface area contributed by atoms with Gasteiger partial charge in [-0.05, 0) is 40.2 Å². The molecule has 82 valence electrons. The molecule has 1 fully saturated rings. The maximum atomic E-state index is 11.4. The third kappa shape index (κ3) is 3.27. The number of hydrogen-bond acceptors (Lipinski definition) is 4. The van der Waals surface area contributed by atoms with Gasteiger partial charge in [-0.25, -0.2) is 4.79 Å². The van der Waals surface area contributed by atoms with Crippen LogP contribution in [0, 0.1) is 0 Å². The van der Waals surface area contributed by atoms with Gasteiger partial charge in [-0.3, -0.25) is 0 Å². The number of hydrogen-bond donors (Lipinski definition) is 2. The molecule has 0 saturated carbocycles. The van der Waals surface area contributed by atoms with Crippen molar-refractivity contribution >= 4 is 5.97 Å². The molecule has 0 amide bonds. The molecule has 4 nitrogen and oxygen atoms in total. The molecule has 0 bridgehead atoms. The first-order chi connectivity index (χ1) is 6.40. The highest BCUT2D eigenvalue weighted by Gasteiger charge is 2.31. The summed E-state index contributed by atoms with van der Waals surface area (Å²) in [7, 11) is 0. The van der Waals surface area contributed by atoms with Crippen molar-refractivity contribution in [3.8, 4) is 0 Å². The van der Waals surface area contributed by atoms with E-state index < -0.39 is 17.7 Å². The zero-order valence-corrected chi connectivity index (χ0v) is 9.04. The zero-order chi connectivity index (χ0) is 10.8. The molecular formula is C10H19NO3. The van der Waals surface area contributed by atoms with Gasteiger partial charge < -0.3 is 15.2 Å². The molecule has 1 aliphatic heterocycles. The zero-order valence-electron chi connectivity index (χ0n) is 9.04. The molecule has 1 aliphatic rings. The summed E-state index contributed by atoms with van der Waals surface area (Å²) >= 11 is 0. The molecule has 1 saturated heterocycles. The fourth-order valence-electron chi connectivity index (χ4n) is 1.51. The topological polar surface area (TPSA) is 58.6 Å². The van der Waals surface area contributed by atoms with Crippen LogP contribution in [-0.2, 0) is 9.53 Å². The Morgan fingerprint density at radius 3 is 2.64 bits per heavy atom. The number of carbonyl (C=O) groups is 1. The Hall–Kier alpha value is -0.610. The largest absolute Gasteiger partial charge is 0.458 e. The number of esters is 1. The van der Waals surface area contributed by atoms with Gasteiger partial charge in [-0.2, -0.15) is 0 Å². The van der Waals surface area contributed by atoms with Crippen LogP contribution in [0.15, 0.2) is 0 Å². The molecule has 1 heterocycles. The molecule has 0 spiro atoms. The van der Waals surface area contributed by atoms with Crippen LogP contribution in [0.5, 0.6) is 0 Å². The quantitative estimate of drug-likeness (QED) is 0.636. The summed E-state index contributed by atoms with van der Waals surface area (Å²) in [5, 5.41) is 12.7. The summed E-state index contributed by atoms with van der Waals surface area (Å²) in [6.45, 7) is 6.24. The average molecular weight is 201 g/mol. The lowest BCUT2D eigenvalue weighted by atomic mass is 10.1. The van der Waals surface area contributed by atoms with Crippen molar-refractivity contribution in [2.75, 3.05) is 6.54 Å². The van der Waals surface area contributed by atoms with Crippen LogP contribution in [0.25, 0.3) is 0 Å². The Bertz CT molecular complexity index is 204. The van der Waals surface area contributed by atoms with Crippen LogP contribution in [-0.4, -0.2) is 35.4 Å². The molecule has 1 unspecified atom stereocenters. The first-order valence-corrected chi connectivity index (χ1v) is 5.04. The number of nitrogens with one attached hydrogen (secondary N) is 1. The Morgan fingerprint density at radius 1 is 1.57 bits per heavy atom. The Labute approximate surface area is 84.6 Å². The Kier molecular flexibility index (Phi) is 3.50. The smallest absolute Gasteiger partial charge is 0.337 e. The highest BCUT2D eigenvalue weighted by molar-refractivity contribution is 5.75. The third-order valence-corrected chi connectivity index (χ3v) is 2.13. The molecule has 0 aliphatic carbocycles. The summed E-state index contributed by atoms with van der Waals surface area (Å²) in [6, 6.07) is -0.134. The van der Waals surface area contributed by atoms with E-state index in [0.29, 0.717) is 0 Å². The fraction of sp³-hybridized carbons (Fsp3) is 0.900. The number of ether oxygens (including phenoxy) is 1. The molecule has 1 rings (SSSR count). The van der Waals surface area contributed by atoms with E-state index in [2.05, 4.69) is 5.32 Å². The second-order valence-electron chi connectivity index (χ2n) is 4.68. The van der Waals surface area contributed by atoms with Gasteiger partial charge >= 0.3 is 5.97 Å². The van der Waals surface area contributed by atoms with E-state index in [4.69, 9.17) is 4.74 Å². The average Bonchev–Trinajstić information content (AvgIpc) is 2.51. The lowest BCUT2D eigenvalue weighted by molar-refractivity contribution is -0.166. The van der Waals surface area contributed by atoms with Gasteiger partial charge in [0.25, 0.3) is 0 Å². The third-order valence-electron chi connectivity index (χ3n) is 2.13. The summed E-state index contributed by atoms with van der Waals surface area (Å²) in [6.07, 6.45) is 0.807. The van der Waals surface area contributed by atoms with Crippen molar-refractivity contribution in [2.24, 2.45) is 0 Å². The molecule has 2 N–H and O–H groups in total. The molecule has 14 heavy (non-hydrogen) atoms. The van der Waals surface area contributed by atoms with Crippen LogP contribution in [0.4, 0.5) is 0 Å². The molecule has 2 atom stereocenters. The van der Waals surface area contributed by atoms with Crippen LogP contribution >= 0.6 is 0 Å². The molecule has 0 aromatic carbocycles. The fourth-order valence-corrected chi connectivity index (χ4v) is 1.51. The van der Waals surface area contributed by atoms with Crippen molar-refractivity contribution in [3.63, 3.8) is 0 Å². The van der Waals surface area contributed by atoms with Crippen LogP contribution in [0.1, 0.15) is 33.6 Å². The predicted octanol–water partition coefficient (Wildman–Crippen LogP) is 0.441. The van der Waals surface area contributed by atoms with Gasteiger partial charge in [0.1, 0.15) is 5.60 Å². The van der Waals surface area contributed by atoms with E-state index >= 15 is 0 Å². The highest BCUT2D eigenvalue weighted by atomic mass is 16.6. The van der Waals surface area contributed by atoms with Crippen molar-refractivity contribution in [1.82, 2.24) is 5.32 Å². The summed E-state index contributed by atoms with van der Waals surface area (Å²) in [5.41, 5.74) is -0.531. The SMILES string of the molecule is CC(C)(C)OC(=O)[C@H](O)C1CCCN1. The minimum atomic E-state index is -1.03. The summed E-state index contributed by atoms with van der Waals surface area (Å²) < 4.78 is 5.08. The lowest BCUT2D eigenvalue weighted by Gasteiger charge is -2.24. The van der Waals surface area contributed by atoms with Gasteiger partial charge in [-0.1, -0.05) is 0 Å². The van der Waals surface area contributed by atoms with Gasteiger partial charge in [0.05, 0.1) is 0 Å². The van der Waals surface area contributed by atoms with Gasteiger partial charge in [-0.15, -0.1) is 0 Å². The van der Waals surface area contributed by atoms with Gasteiger partial charge in [0, 0.05) is 6.04 Å². The minimum absolute atomic E-state index is 0.134. The molecule has 0 radical (unpaired) electrons. The van der Waals surface area contributed by atoms with Crippen LogP contribution < -0.4 is 5.32 Å². The predicted molar refractivity (Wildman–Crippen MR) is 52.9 cm³/mol. The lowest BCUT2D eigenvalue weighted by Crippen LogP contribution is -2.43. The minimum Gasteiger partial charge on any atom is -0.458 e. The van der Waals surface area contributed by atoms with E-state index in [-0.39, 0.29) is 6.04 Å². The summed E-state index contributed by atoms with van der Waals surface area (Å²) in [4.78, 5) is 11.4. The maximum absolute atomic E-state index is 11.4. The molecule has 0 aromatic rings. The van der Waals surface area contributed by atoms with E-state index in [1.807, 2.05) is 0 Å². The van der Waals surface area contributed by atoms with E-state index in [9.17, 15) is 9.90 Å². The molecular weight excluding hydrogens is 182 g/mol. The standard InChI is InChI=1S/C10H19NO3/c1-10(2,3)14-9(13)8(12)7-5-4-6-11-7/h7-8,11-12H,4-6H2,1-3H3/t7?,8-/m1/s1. The van der Waals surface area contributed by atoms with Gasteiger partial charge in [0.15, 0.2) is 6.10 Å². The van der Waals surface area contributed by atoms with Crippen LogP contribution in [0.3, 0.4) is 0 Å². The summed E-state index contributed by atoms with van der Waals surface area (Å²) in [5.74, 6) is -0.531. The second kappa shape index (κ2) is 4.28. The molecule has 0 aromatic heterocycles. The van der Waals surface area contributed by atoms with E-state index in [0.717, 1.165) is 19.4 Å². The Balaban J connectivity index is 2.43. The van der Waals surface area contributed by atoms with Gasteiger partial charge in [0.2, 0.25) is 0 Å². The number of aliphatic hydroxyl groups excluding tert-OH is 1. The number of carbonyl (C=O) groups excluding carboxylic acids is 1. The monoisotopic (exact) mass is 201 g/mol. The van der Waals surface area contributed by atoms with Crippen molar-refractivity contribution in [3.05, 3.63) is 0 Å². The number of aliphatic hydroxyl groups is 1. The van der Waals surface area contributed by atoms with Crippen molar-refractivity contribution in [2.45, 2.75) is 51.4 Å². The van der Waals surface area contributed by atoms with Crippen molar-refractivity contribution < 1.29 is 14.6 Å². The van der Waals surface area contributed by atoms with E-state index in [1.165, 1.54) is 0 Å². The highest BCUT2D eigenvalue weighted by Crippen LogP contribution is 2.14. The first-order valence-electron chi connectivity index (χ1n) is 5.04. The van der Waals surface area contributed by atoms with Crippen LogP contribution in [0.2, 0.25) is 0 Å². The Morgan fingerprint density at radius 2 is 2.21 bits per heavy atom. The normalized spacial score (nSPS) is 24.7. The maximum Gasteiger partial charge on any atom is 0.337 e. The van der Waals surface area contributed by atoms with Crippen molar-refractivity contribution in [1.29, 1.82) is 0 Å². The first kappa shape index (κ1) is 11.5. The molecule has 4 heteroatoms.